The summed E-state index contributed by atoms with van der Waals surface area (Å²) in [6, 6.07) is 7.52. The Hall–Kier alpha value is -1.18. The zero-order valence-corrected chi connectivity index (χ0v) is 14.9. The van der Waals surface area contributed by atoms with Gasteiger partial charge in [-0.2, -0.15) is 0 Å². The molecule has 2 unspecified atom stereocenters. The third-order valence-electron chi connectivity index (χ3n) is 4.52. The number of benzene rings is 1. The Kier molecular flexibility index (Phi) is 7.65. The quantitative estimate of drug-likeness (QED) is 0.524. The van der Waals surface area contributed by atoms with Gasteiger partial charge in [0.15, 0.2) is 0 Å². The fourth-order valence-electron chi connectivity index (χ4n) is 2.92. The molecule has 1 aromatic carbocycles. The van der Waals surface area contributed by atoms with Crippen LogP contribution in [0.4, 0.5) is 0 Å². The van der Waals surface area contributed by atoms with Crippen molar-refractivity contribution < 1.29 is 29.9 Å². The Balaban J connectivity index is 1.87. The maximum Gasteiger partial charge on any atom is 0.229 e. The summed E-state index contributed by atoms with van der Waals surface area (Å²) in [4.78, 5) is 0. The van der Waals surface area contributed by atoms with Gasteiger partial charge in [-0.3, -0.25) is 0 Å². The lowest BCUT2D eigenvalue weighted by Crippen LogP contribution is -2.60. The number of ether oxygens (including phenoxy) is 2. The molecule has 2 rings (SSSR count). The fraction of sp³-hybridized carbons (Fsp3) is 0.684. The SMILES string of the molecule is CC(C)CCCCc1ccc(O[C@@H]2OC(CO)[C@H](O)[C@@H](O)C2O)cc1. The molecule has 0 radical (unpaired) electrons. The first kappa shape index (κ1) is 20.1. The van der Waals surface area contributed by atoms with Crippen LogP contribution in [0, 0.1) is 5.92 Å². The highest BCUT2D eigenvalue weighted by Gasteiger charge is 2.44. The first-order valence-electron chi connectivity index (χ1n) is 8.98. The molecule has 0 saturated carbocycles. The van der Waals surface area contributed by atoms with E-state index in [0.29, 0.717) is 5.75 Å². The molecule has 0 spiro atoms. The summed E-state index contributed by atoms with van der Waals surface area (Å²) in [7, 11) is 0. The highest BCUT2D eigenvalue weighted by atomic mass is 16.7. The molecule has 5 atom stereocenters. The molecular formula is C19H30O6. The monoisotopic (exact) mass is 354 g/mol. The standard InChI is InChI=1S/C19H30O6/c1-12(2)5-3-4-6-13-7-9-14(10-8-13)24-19-18(23)17(22)16(21)15(11-20)25-19/h7-10,12,15-23H,3-6,11H2,1-2H3/t15?,16-,17+,18?,19+/m0/s1. The Morgan fingerprint density at radius 1 is 1.00 bits per heavy atom. The van der Waals surface area contributed by atoms with Crippen molar-refractivity contribution in [3.05, 3.63) is 29.8 Å². The third-order valence-corrected chi connectivity index (χ3v) is 4.52. The van der Waals surface area contributed by atoms with Crippen molar-refractivity contribution in [1.29, 1.82) is 0 Å². The van der Waals surface area contributed by atoms with Gasteiger partial charge in [0.2, 0.25) is 6.29 Å². The molecule has 1 aliphatic heterocycles. The molecule has 6 nitrogen and oxygen atoms in total. The molecule has 25 heavy (non-hydrogen) atoms. The summed E-state index contributed by atoms with van der Waals surface area (Å²) >= 11 is 0. The maximum absolute atomic E-state index is 9.98. The Bertz CT molecular complexity index is 501. The van der Waals surface area contributed by atoms with Crippen LogP contribution in [0.15, 0.2) is 24.3 Å². The molecule has 6 heteroatoms. The molecule has 1 aliphatic rings. The Morgan fingerprint density at radius 3 is 2.28 bits per heavy atom. The van der Waals surface area contributed by atoms with Crippen LogP contribution >= 0.6 is 0 Å². The molecular weight excluding hydrogens is 324 g/mol. The number of aliphatic hydroxyl groups is 4. The van der Waals surface area contributed by atoms with Crippen LogP contribution in [-0.2, 0) is 11.2 Å². The lowest BCUT2D eigenvalue weighted by Gasteiger charge is -2.39. The molecule has 1 fully saturated rings. The van der Waals surface area contributed by atoms with Gasteiger partial charge in [0.05, 0.1) is 6.61 Å². The summed E-state index contributed by atoms with van der Waals surface area (Å²) in [5.41, 5.74) is 1.21. The van der Waals surface area contributed by atoms with Crippen molar-refractivity contribution in [1.82, 2.24) is 0 Å². The van der Waals surface area contributed by atoms with E-state index >= 15 is 0 Å². The van der Waals surface area contributed by atoms with Gasteiger partial charge in [0.1, 0.15) is 30.2 Å². The lowest BCUT2D eigenvalue weighted by molar-refractivity contribution is -0.277. The smallest absolute Gasteiger partial charge is 0.229 e. The number of hydrogen-bond donors (Lipinski definition) is 4. The van der Waals surface area contributed by atoms with Crippen LogP contribution in [0.1, 0.15) is 38.7 Å². The zero-order chi connectivity index (χ0) is 18.4. The van der Waals surface area contributed by atoms with Crippen molar-refractivity contribution in [2.45, 2.75) is 70.2 Å². The Labute approximate surface area is 149 Å². The van der Waals surface area contributed by atoms with Crippen LogP contribution in [0.2, 0.25) is 0 Å². The number of aliphatic hydroxyl groups excluding tert-OH is 4. The summed E-state index contributed by atoms with van der Waals surface area (Å²) in [6.07, 6.45) is -1.73. The molecule has 1 heterocycles. The van der Waals surface area contributed by atoms with Gasteiger partial charge in [0.25, 0.3) is 0 Å². The van der Waals surface area contributed by atoms with Crippen LogP contribution in [0.3, 0.4) is 0 Å². The van der Waals surface area contributed by atoms with Crippen LogP contribution in [0.25, 0.3) is 0 Å². The van der Waals surface area contributed by atoms with E-state index in [1.165, 1.54) is 18.4 Å². The van der Waals surface area contributed by atoms with Crippen molar-refractivity contribution in [3.8, 4) is 5.75 Å². The fourth-order valence-corrected chi connectivity index (χ4v) is 2.92. The van der Waals surface area contributed by atoms with E-state index in [2.05, 4.69) is 13.8 Å². The van der Waals surface area contributed by atoms with Crippen LogP contribution < -0.4 is 4.74 Å². The van der Waals surface area contributed by atoms with Crippen molar-refractivity contribution in [2.24, 2.45) is 5.92 Å². The average Bonchev–Trinajstić information content (AvgIpc) is 2.60. The molecule has 1 aromatic rings. The molecule has 1 saturated heterocycles. The van der Waals surface area contributed by atoms with Gasteiger partial charge in [-0.1, -0.05) is 38.8 Å². The highest BCUT2D eigenvalue weighted by Crippen LogP contribution is 2.24. The molecule has 0 bridgehead atoms. The minimum Gasteiger partial charge on any atom is -0.462 e. The highest BCUT2D eigenvalue weighted by molar-refractivity contribution is 5.27. The second kappa shape index (κ2) is 9.50. The van der Waals surface area contributed by atoms with Gasteiger partial charge < -0.3 is 29.9 Å². The summed E-state index contributed by atoms with van der Waals surface area (Å²) in [6.45, 7) is 3.98. The van der Waals surface area contributed by atoms with E-state index in [0.717, 1.165) is 18.8 Å². The molecule has 0 aromatic heterocycles. The lowest BCUT2D eigenvalue weighted by atomic mass is 9.99. The summed E-state index contributed by atoms with van der Waals surface area (Å²) in [5.74, 6) is 1.23. The largest absolute Gasteiger partial charge is 0.462 e. The van der Waals surface area contributed by atoms with Crippen molar-refractivity contribution in [3.63, 3.8) is 0 Å². The minimum absolute atomic E-state index is 0.472. The number of hydrogen-bond acceptors (Lipinski definition) is 6. The average molecular weight is 354 g/mol. The van der Waals surface area contributed by atoms with E-state index in [9.17, 15) is 20.4 Å². The number of rotatable bonds is 8. The van der Waals surface area contributed by atoms with E-state index < -0.39 is 37.3 Å². The van der Waals surface area contributed by atoms with E-state index in [1.54, 1.807) is 12.1 Å². The third kappa shape index (κ3) is 5.66. The maximum atomic E-state index is 9.98. The predicted molar refractivity (Wildman–Crippen MR) is 93.2 cm³/mol. The van der Waals surface area contributed by atoms with Gasteiger partial charge >= 0.3 is 0 Å². The molecule has 142 valence electrons. The number of unbranched alkanes of at least 4 members (excludes halogenated alkanes) is 1. The Morgan fingerprint density at radius 2 is 1.68 bits per heavy atom. The summed E-state index contributed by atoms with van der Waals surface area (Å²) < 4.78 is 10.9. The zero-order valence-electron chi connectivity index (χ0n) is 14.9. The second-order valence-electron chi connectivity index (χ2n) is 7.10. The topological polar surface area (TPSA) is 99.4 Å². The second-order valence-corrected chi connectivity index (χ2v) is 7.10. The van der Waals surface area contributed by atoms with Gasteiger partial charge in [0, 0.05) is 0 Å². The first-order valence-corrected chi connectivity index (χ1v) is 8.98. The molecule has 0 amide bonds. The van der Waals surface area contributed by atoms with E-state index in [-0.39, 0.29) is 0 Å². The molecule has 4 N–H and O–H groups in total. The minimum atomic E-state index is -1.43. The van der Waals surface area contributed by atoms with Gasteiger partial charge in [-0.25, -0.2) is 0 Å². The van der Waals surface area contributed by atoms with E-state index in [1.807, 2.05) is 12.1 Å². The van der Waals surface area contributed by atoms with Crippen LogP contribution in [-0.4, -0.2) is 57.7 Å². The van der Waals surface area contributed by atoms with Gasteiger partial charge in [-0.15, -0.1) is 0 Å². The van der Waals surface area contributed by atoms with Crippen LogP contribution in [0.5, 0.6) is 5.75 Å². The first-order chi connectivity index (χ1) is 11.9. The van der Waals surface area contributed by atoms with Gasteiger partial charge in [-0.05, 0) is 36.5 Å². The predicted octanol–water partition coefficient (Wildman–Crippen LogP) is 1.23. The molecule has 0 aliphatic carbocycles. The van der Waals surface area contributed by atoms with Crippen molar-refractivity contribution in [2.75, 3.05) is 6.61 Å². The number of aryl methyl sites for hydroxylation is 1. The van der Waals surface area contributed by atoms with Crippen molar-refractivity contribution >= 4 is 0 Å². The summed E-state index contributed by atoms with van der Waals surface area (Å²) in [5, 5.41) is 38.7. The normalized spacial score (nSPS) is 29.8. The van der Waals surface area contributed by atoms with E-state index in [4.69, 9.17) is 9.47 Å².